The van der Waals surface area contributed by atoms with Crippen LogP contribution in [0.5, 0.6) is 5.75 Å². The van der Waals surface area contributed by atoms with Gasteiger partial charge < -0.3 is 14.3 Å². The number of nitrogens with zero attached hydrogens (tertiary/aromatic N) is 1. The molecule has 0 saturated heterocycles. The SMILES string of the molecule is CON=C(C(=O)OC)c1ccc2ccccc2c1OCc1ccccc1F. The first kappa shape index (κ1) is 18.4. The van der Waals surface area contributed by atoms with E-state index in [-0.39, 0.29) is 18.1 Å². The Balaban J connectivity index is 2.11. The molecule has 3 aromatic rings. The molecule has 0 unspecified atom stereocenters. The van der Waals surface area contributed by atoms with Crippen molar-refractivity contribution in [3.8, 4) is 5.75 Å². The molecule has 0 bridgehead atoms. The summed E-state index contributed by atoms with van der Waals surface area (Å²) in [4.78, 5) is 17.0. The molecule has 0 atom stereocenters. The van der Waals surface area contributed by atoms with Crippen LogP contribution in [0.25, 0.3) is 10.8 Å². The Labute approximate surface area is 156 Å². The van der Waals surface area contributed by atoms with Gasteiger partial charge in [-0.15, -0.1) is 0 Å². The summed E-state index contributed by atoms with van der Waals surface area (Å²) in [5.74, 6) is -0.626. The minimum atomic E-state index is -0.664. The first-order chi connectivity index (χ1) is 13.2. The van der Waals surface area contributed by atoms with Gasteiger partial charge in [-0.25, -0.2) is 9.18 Å². The number of ether oxygens (including phenoxy) is 2. The molecule has 0 aliphatic rings. The van der Waals surface area contributed by atoms with Crippen LogP contribution in [0, 0.1) is 5.82 Å². The lowest BCUT2D eigenvalue weighted by molar-refractivity contribution is -0.132. The maximum Gasteiger partial charge on any atom is 0.360 e. The first-order valence-electron chi connectivity index (χ1n) is 8.23. The second-order valence-corrected chi connectivity index (χ2v) is 5.66. The molecular weight excluding hydrogens is 349 g/mol. The molecule has 6 heteroatoms. The van der Waals surface area contributed by atoms with Crippen LogP contribution < -0.4 is 4.74 Å². The van der Waals surface area contributed by atoms with Crippen molar-refractivity contribution in [3.05, 3.63) is 77.6 Å². The number of carbonyl (C=O) groups is 1. The Morgan fingerprint density at radius 2 is 1.74 bits per heavy atom. The Morgan fingerprint density at radius 3 is 2.48 bits per heavy atom. The first-order valence-corrected chi connectivity index (χ1v) is 8.23. The molecule has 0 heterocycles. The van der Waals surface area contributed by atoms with Crippen LogP contribution in [0.4, 0.5) is 4.39 Å². The van der Waals surface area contributed by atoms with E-state index in [4.69, 9.17) is 14.3 Å². The topological polar surface area (TPSA) is 57.1 Å². The highest BCUT2D eigenvalue weighted by Gasteiger charge is 2.22. The molecule has 0 radical (unpaired) electrons. The standard InChI is InChI=1S/C21H18FNO4/c1-25-21(24)19(23-26-2)17-12-11-14-7-3-5-9-16(14)20(17)27-13-15-8-4-6-10-18(15)22/h3-12H,13H2,1-2H3. The fourth-order valence-corrected chi connectivity index (χ4v) is 2.73. The molecule has 0 N–H and O–H groups in total. The van der Waals surface area contributed by atoms with Crippen LogP contribution in [-0.4, -0.2) is 25.9 Å². The van der Waals surface area contributed by atoms with E-state index in [0.29, 0.717) is 16.9 Å². The lowest BCUT2D eigenvalue weighted by atomic mass is 10.0. The molecular formula is C21H18FNO4. The summed E-state index contributed by atoms with van der Waals surface area (Å²) in [5.41, 5.74) is 0.771. The maximum atomic E-state index is 14.0. The van der Waals surface area contributed by atoms with Gasteiger partial charge in [0.25, 0.3) is 0 Å². The number of rotatable bonds is 6. The van der Waals surface area contributed by atoms with Crippen molar-refractivity contribution in [2.24, 2.45) is 5.16 Å². The molecule has 0 saturated carbocycles. The van der Waals surface area contributed by atoms with E-state index in [2.05, 4.69) is 5.16 Å². The van der Waals surface area contributed by atoms with Gasteiger partial charge in [0.2, 0.25) is 0 Å². The van der Waals surface area contributed by atoms with E-state index in [1.165, 1.54) is 20.3 Å². The number of carbonyl (C=O) groups excluding carboxylic acids is 1. The summed E-state index contributed by atoms with van der Waals surface area (Å²) >= 11 is 0. The van der Waals surface area contributed by atoms with E-state index in [0.717, 1.165) is 10.8 Å². The number of esters is 1. The van der Waals surface area contributed by atoms with Gasteiger partial charge in [-0.05, 0) is 17.5 Å². The summed E-state index contributed by atoms with van der Waals surface area (Å²) in [6.45, 7) is -0.00485. The summed E-state index contributed by atoms with van der Waals surface area (Å²) < 4.78 is 24.7. The van der Waals surface area contributed by atoms with Crippen molar-refractivity contribution >= 4 is 22.5 Å². The Hall–Kier alpha value is -3.41. The number of benzene rings is 3. The van der Waals surface area contributed by atoms with Gasteiger partial charge in [0.15, 0.2) is 5.71 Å². The molecule has 5 nitrogen and oxygen atoms in total. The van der Waals surface area contributed by atoms with E-state index >= 15 is 0 Å². The molecule has 0 fully saturated rings. The molecule has 27 heavy (non-hydrogen) atoms. The van der Waals surface area contributed by atoms with Gasteiger partial charge in [0.1, 0.15) is 25.3 Å². The van der Waals surface area contributed by atoms with Crippen molar-refractivity contribution in [2.75, 3.05) is 14.2 Å². The van der Waals surface area contributed by atoms with Crippen LogP contribution in [-0.2, 0) is 21.0 Å². The summed E-state index contributed by atoms with van der Waals surface area (Å²) in [6, 6.07) is 17.4. The zero-order chi connectivity index (χ0) is 19.2. The van der Waals surface area contributed by atoms with E-state index in [1.807, 2.05) is 30.3 Å². The molecule has 0 spiro atoms. The fourth-order valence-electron chi connectivity index (χ4n) is 2.73. The van der Waals surface area contributed by atoms with Crippen LogP contribution in [0.2, 0.25) is 0 Å². The predicted molar refractivity (Wildman–Crippen MR) is 100 cm³/mol. The fraction of sp³-hybridized carbons (Fsp3) is 0.143. The highest BCUT2D eigenvalue weighted by molar-refractivity contribution is 6.44. The lowest BCUT2D eigenvalue weighted by Gasteiger charge is -2.15. The van der Waals surface area contributed by atoms with Gasteiger partial charge in [-0.2, -0.15) is 0 Å². The molecule has 0 amide bonds. The molecule has 3 rings (SSSR count). The van der Waals surface area contributed by atoms with Crippen LogP contribution in [0.15, 0.2) is 65.8 Å². The van der Waals surface area contributed by atoms with Gasteiger partial charge >= 0.3 is 5.97 Å². The smallest absolute Gasteiger partial charge is 0.360 e. The van der Waals surface area contributed by atoms with E-state index < -0.39 is 5.97 Å². The largest absolute Gasteiger partial charge is 0.487 e. The van der Waals surface area contributed by atoms with Crippen molar-refractivity contribution in [1.82, 2.24) is 0 Å². The third-order valence-electron chi connectivity index (χ3n) is 4.03. The summed E-state index contributed by atoms with van der Waals surface area (Å²) in [5, 5.41) is 5.46. The summed E-state index contributed by atoms with van der Waals surface area (Å²) in [7, 11) is 2.60. The van der Waals surface area contributed by atoms with Crippen LogP contribution in [0.1, 0.15) is 11.1 Å². The third kappa shape index (κ3) is 3.89. The molecule has 3 aromatic carbocycles. The van der Waals surface area contributed by atoms with Crippen LogP contribution in [0.3, 0.4) is 0 Å². The Bertz CT molecular complexity index is 1000. The second kappa shape index (κ2) is 8.31. The number of methoxy groups -OCH3 is 1. The number of fused-ring (bicyclic) bond motifs is 1. The predicted octanol–water partition coefficient (Wildman–Crippen LogP) is 4.08. The second-order valence-electron chi connectivity index (χ2n) is 5.66. The maximum absolute atomic E-state index is 14.0. The Morgan fingerprint density at radius 1 is 1.00 bits per heavy atom. The lowest BCUT2D eigenvalue weighted by Crippen LogP contribution is -2.19. The van der Waals surface area contributed by atoms with Crippen molar-refractivity contribution in [3.63, 3.8) is 0 Å². The van der Waals surface area contributed by atoms with E-state index in [1.54, 1.807) is 24.3 Å². The van der Waals surface area contributed by atoms with Gasteiger partial charge in [0, 0.05) is 10.9 Å². The number of oxime groups is 1. The van der Waals surface area contributed by atoms with Crippen LogP contribution >= 0.6 is 0 Å². The quantitative estimate of drug-likeness (QED) is 0.374. The number of halogens is 1. The normalized spacial score (nSPS) is 11.3. The van der Waals surface area contributed by atoms with Gasteiger partial charge in [0.05, 0.1) is 12.7 Å². The minimum absolute atomic E-state index is 0.00485. The average molecular weight is 367 g/mol. The molecule has 0 aliphatic heterocycles. The monoisotopic (exact) mass is 367 g/mol. The highest BCUT2D eigenvalue weighted by Crippen LogP contribution is 2.32. The molecule has 0 aromatic heterocycles. The van der Waals surface area contributed by atoms with Crippen molar-refractivity contribution in [1.29, 1.82) is 0 Å². The highest BCUT2D eigenvalue weighted by atomic mass is 19.1. The average Bonchev–Trinajstić information content (AvgIpc) is 2.70. The molecule has 138 valence electrons. The third-order valence-corrected chi connectivity index (χ3v) is 4.03. The van der Waals surface area contributed by atoms with Gasteiger partial charge in [-0.3, -0.25) is 0 Å². The minimum Gasteiger partial charge on any atom is -0.487 e. The summed E-state index contributed by atoms with van der Waals surface area (Å²) in [6.07, 6.45) is 0. The van der Waals surface area contributed by atoms with E-state index in [9.17, 15) is 9.18 Å². The zero-order valence-electron chi connectivity index (χ0n) is 14.9. The number of hydrogen-bond donors (Lipinski definition) is 0. The van der Waals surface area contributed by atoms with Crippen molar-refractivity contribution < 1.29 is 23.5 Å². The molecule has 0 aliphatic carbocycles. The zero-order valence-corrected chi connectivity index (χ0v) is 14.9. The van der Waals surface area contributed by atoms with Gasteiger partial charge in [-0.1, -0.05) is 53.7 Å². The number of hydrogen-bond acceptors (Lipinski definition) is 5. The van der Waals surface area contributed by atoms with Crippen molar-refractivity contribution in [2.45, 2.75) is 6.61 Å². The Kier molecular flexibility index (Phi) is 5.66.